The first-order valence-corrected chi connectivity index (χ1v) is 6.02. The topological polar surface area (TPSA) is 58.4 Å². The van der Waals surface area contributed by atoms with Crippen LogP contribution in [0.4, 0.5) is 10.5 Å². The highest BCUT2D eigenvalue weighted by Gasteiger charge is 2.14. The van der Waals surface area contributed by atoms with Gasteiger partial charge in [-0.3, -0.25) is 4.90 Å². The number of nitrogens with two attached hydrogens (primary N) is 1. The van der Waals surface area contributed by atoms with Gasteiger partial charge in [-0.05, 0) is 43.5 Å². The summed E-state index contributed by atoms with van der Waals surface area (Å²) in [6.07, 6.45) is 3.58. The zero-order valence-electron chi connectivity index (χ0n) is 10.1. The Kier molecular flexibility index (Phi) is 3.64. The summed E-state index contributed by atoms with van der Waals surface area (Å²) in [5.74, 6) is 0. The van der Waals surface area contributed by atoms with Crippen molar-refractivity contribution >= 4 is 11.7 Å². The number of carbonyl (C=O) groups excluding carboxylic acids is 1. The van der Waals surface area contributed by atoms with Gasteiger partial charge in [-0.2, -0.15) is 0 Å². The van der Waals surface area contributed by atoms with Crippen molar-refractivity contribution in [2.45, 2.75) is 25.3 Å². The van der Waals surface area contributed by atoms with E-state index >= 15 is 0 Å². The van der Waals surface area contributed by atoms with Gasteiger partial charge in [0.1, 0.15) is 0 Å². The molecule has 0 radical (unpaired) electrons. The number of primary amides is 1. The molecule has 1 aliphatic rings. The van der Waals surface area contributed by atoms with Gasteiger partial charge in [0.25, 0.3) is 0 Å². The van der Waals surface area contributed by atoms with Crippen LogP contribution in [-0.2, 0) is 6.42 Å². The highest BCUT2D eigenvalue weighted by molar-refractivity contribution is 5.89. The molecule has 0 spiro atoms. The quantitative estimate of drug-likeness (QED) is 0.831. The molecule has 1 heterocycles. The Labute approximate surface area is 102 Å². The first kappa shape index (κ1) is 11.9. The summed E-state index contributed by atoms with van der Waals surface area (Å²) in [5, 5.41) is 3.48. The minimum Gasteiger partial charge on any atom is -0.351 e. The van der Waals surface area contributed by atoms with Gasteiger partial charge in [-0.25, -0.2) is 4.79 Å². The fraction of sp³-hybridized carbons (Fsp3) is 0.462. The van der Waals surface area contributed by atoms with Crippen molar-refractivity contribution < 1.29 is 4.79 Å². The molecular weight excluding hydrogens is 214 g/mol. The monoisotopic (exact) mass is 233 g/mol. The Morgan fingerprint density at radius 2 is 2.18 bits per heavy atom. The molecular formula is C13H19N3O. The summed E-state index contributed by atoms with van der Waals surface area (Å²) in [6, 6.07) is 8.18. The van der Waals surface area contributed by atoms with Crippen LogP contribution in [0, 0.1) is 0 Å². The van der Waals surface area contributed by atoms with E-state index in [1.807, 2.05) is 12.1 Å². The smallest absolute Gasteiger partial charge is 0.318 e. The van der Waals surface area contributed by atoms with Crippen LogP contribution < -0.4 is 16.0 Å². The standard InChI is InChI=1S/C13H19N3O/c1-16(13(14)17)12-6-4-10(5-7-12)9-11-3-2-8-15-11/h4-7,11,15H,2-3,8-9H2,1H3,(H2,14,17). The second kappa shape index (κ2) is 5.19. The molecule has 1 saturated heterocycles. The van der Waals surface area contributed by atoms with Crippen molar-refractivity contribution in [2.75, 3.05) is 18.5 Å². The Bertz CT molecular complexity index is 382. The molecule has 1 atom stereocenters. The number of hydrogen-bond donors (Lipinski definition) is 2. The second-order valence-electron chi connectivity index (χ2n) is 4.56. The van der Waals surface area contributed by atoms with E-state index in [1.165, 1.54) is 23.3 Å². The lowest BCUT2D eigenvalue weighted by Gasteiger charge is -2.15. The van der Waals surface area contributed by atoms with Crippen LogP contribution >= 0.6 is 0 Å². The average molecular weight is 233 g/mol. The van der Waals surface area contributed by atoms with E-state index in [2.05, 4.69) is 17.4 Å². The van der Waals surface area contributed by atoms with Crippen molar-refractivity contribution in [1.29, 1.82) is 0 Å². The molecule has 2 amide bonds. The average Bonchev–Trinajstić information content (AvgIpc) is 2.82. The van der Waals surface area contributed by atoms with Crippen LogP contribution in [0.3, 0.4) is 0 Å². The van der Waals surface area contributed by atoms with Crippen molar-refractivity contribution in [3.63, 3.8) is 0 Å². The van der Waals surface area contributed by atoms with E-state index < -0.39 is 6.03 Å². The normalized spacial score (nSPS) is 19.2. The van der Waals surface area contributed by atoms with Gasteiger partial charge in [0.2, 0.25) is 0 Å². The third-order valence-electron chi connectivity index (χ3n) is 3.30. The van der Waals surface area contributed by atoms with Crippen LogP contribution in [-0.4, -0.2) is 25.7 Å². The van der Waals surface area contributed by atoms with Crippen LogP contribution in [0.2, 0.25) is 0 Å². The number of rotatable bonds is 3. The molecule has 0 saturated carbocycles. The van der Waals surface area contributed by atoms with Gasteiger partial charge >= 0.3 is 6.03 Å². The third kappa shape index (κ3) is 2.97. The number of carbonyl (C=O) groups is 1. The highest BCUT2D eigenvalue weighted by Crippen LogP contribution is 2.17. The van der Waals surface area contributed by atoms with Gasteiger partial charge in [0.05, 0.1) is 0 Å². The van der Waals surface area contributed by atoms with Gasteiger partial charge in [-0.15, -0.1) is 0 Å². The molecule has 4 heteroatoms. The van der Waals surface area contributed by atoms with Gasteiger partial charge < -0.3 is 11.1 Å². The maximum Gasteiger partial charge on any atom is 0.318 e. The summed E-state index contributed by atoms with van der Waals surface area (Å²) in [7, 11) is 1.68. The highest BCUT2D eigenvalue weighted by atomic mass is 16.2. The molecule has 0 aliphatic carbocycles. The summed E-state index contributed by atoms with van der Waals surface area (Å²) in [5.41, 5.74) is 7.35. The number of anilines is 1. The van der Waals surface area contributed by atoms with Crippen LogP contribution in [0.5, 0.6) is 0 Å². The Morgan fingerprint density at radius 3 is 2.71 bits per heavy atom. The number of hydrogen-bond acceptors (Lipinski definition) is 2. The van der Waals surface area contributed by atoms with Crippen molar-refractivity contribution in [1.82, 2.24) is 5.32 Å². The SMILES string of the molecule is CN(C(N)=O)c1ccc(CC2CCCN2)cc1. The molecule has 4 nitrogen and oxygen atoms in total. The molecule has 3 N–H and O–H groups in total. The lowest BCUT2D eigenvalue weighted by molar-refractivity contribution is 0.255. The molecule has 92 valence electrons. The summed E-state index contributed by atoms with van der Waals surface area (Å²) >= 11 is 0. The van der Waals surface area contributed by atoms with E-state index in [-0.39, 0.29) is 0 Å². The van der Waals surface area contributed by atoms with E-state index in [0.717, 1.165) is 18.7 Å². The van der Waals surface area contributed by atoms with Crippen molar-refractivity contribution in [3.8, 4) is 0 Å². The number of benzene rings is 1. The predicted molar refractivity (Wildman–Crippen MR) is 69.2 cm³/mol. The summed E-state index contributed by atoms with van der Waals surface area (Å²) < 4.78 is 0. The van der Waals surface area contributed by atoms with Crippen LogP contribution in [0.1, 0.15) is 18.4 Å². The molecule has 0 bridgehead atoms. The molecule has 1 aliphatic heterocycles. The lowest BCUT2D eigenvalue weighted by Crippen LogP contribution is -2.31. The third-order valence-corrected chi connectivity index (χ3v) is 3.30. The molecule has 1 unspecified atom stereocenters. The molecule has 2 rings (SSSR count). The molecule has 1 aromatic rings. The largest absolute Gasteiger partial charge is 0.351 e. The van der Waals surface area contributed by atoms with Crippen LogP contribution in [0.15, 0.2) is 24.3 Å². The van der Waals surface area contributed by atoms with Gasteiger partial charge in [0, 0.05) is 18.8 Å². The Morgan fingerprint density at radius 1 is 1.47 bits per heavy atom. The number of amides is 2. The number of nitrogens with zero attached hydrogens (tertiary/aromatic N) is 1. The maximum absolute atomic E-state index is 11.0. The van der Waals surface area contributed by atoms with Crippen molar-refractivity contribution in [2.24, 2.45) is 5.73 Å². The van der Waals surface area contributed by atoms with E-state index in [0.29, 0.717) is 6.04 Å². The zero-order valence-corrected chi connectivity index (χ0v) is 10.1. The van der Waals surface area contributed by atoms with E-state index in [1.54, 1.807) is 7.05 Å². The zero-order chi connectivity index (χ0) is 12.3. The lowest BCUT2D eigenvalue weighted by atomic mass is 10.0. The maximum atomic E-state index is 11.0. The molecule has 17 heavy (non-hydrogen) atoms. The summed E-state index contributed by atoms with van der Waals surface area (Å²) in [4.78, 5) is 12.4. The van der Waals surface area contributed by atoms with Gasteiger partial charge in [-0.1, -0.05) is 12.1 Å². The first-order chi connectivity index (χ1) is 8.16. The van der Waals surface area contributed by atoms with E-state index in [4.69, 9.17) is 5.73 Å². The van der Waals surface area contributed by atoms with Crippen LogP contribution in [0.25, 0.3) is 0 Å². The second-order valence-corrected chi connectivity index (χ2v) is 4.56. The van der Waals surface area contributed by atoms with Gasteiger partial charge in [0.15, 0.2) is 0 Å². The Hall–Kier alpha value is -1.55. The minimum absolute atomic E-state index is 0.435. The van der Waals surface area contributed by atoms with E-state index in [9.17, 15) is 4.79 Å². The van der Waals surface area contributed by atoms with Crippen molar-refractivity contribution in [3.05, 3.63) is 29.8 Å². The summed E-state index contributed by atoms with van der Waals surface area (Å²) in [6.45, 7) is 1.13. The predicted octanol–water partition coefficient (Wildman–Crippen LogP) is 1.50. The number of urea groups is 1. The molecule has 1 aromatic carbocycles. The minimum atomic E-state index is -0.435. The molecule has 1 fully saturated rings. The number of nitrogens with one attached hydrogen (secondary N) is 1. The fourth-order valence-electron chi connectivity index (χ4n) is 2.20. The first-order valence-electron chi connectivity index (χ1n) is 6.02. The Balaban J connectivity index is 1.99. The molecule has 0 aromatic heterocycles. The fourth-order valence-corrected chi connectivity index (χ4v) is 2.20.